The number of rotatable bonds is 19. The van der Waals surface area contributed by atoms with Gasteiger partial charge in [0.05, 0.1) is 20.3 Å². The lowest BCUT2D eigenvalue weighted by molar-refractivity contribution is -0.143. The van der Waals surface area contributed by atoms with Crippen LogP contribution >= 0.6 is 23.5 Å². The zero-order valence-corrected chi connectivity index (χ0v) is 24.9. The van der Waals surface area contributed by atoms with Crippen molar-refractivity contribution in [2.45, 2.75) is 78.2 Å². The summed E-state index contributed by atoms with van der Waals surface area (Å²) in [6, 6.07) is 0. The van der Waals surface area contributed by atoms with Gasteiger partial charge in [0.2, 0.25) is 0 Å². The summed E-state index contributed by atoms with van der Waals surface area (Å²) in [7, 11) is 1.65. The molecule has 0 spiro atoms. The van der Waals surface area contributed by atoms with E-state index in [2.05, 4.69) is 18.6 Å². The number of cyclic esters (lactones) is 1. The number of hydrogen-bond acceptors (Lipinski definition) is 8. The van der Waals surface area contributed by atoms with E-state index in [-0.39, 0.29) is 18.5 Å². The minimum atomic E-state index is -0.337. The lowest BCUT2D eigenvalue weighted by atomic mass is 9.94. The molecule has 1 aromatic rings. The van der Waals surface area contributed by atoms with Gasteiger partial charge in [0.25, 0.3) is 0 Å². The van der Waals surface area contributed by atoms with Gasteiger partial charge in [0.15, 0.2) is 0 Å². The maximum Gasteiger partial charge on any atom is 0.342 e. The van der Waals surface area contributed by atoms with Crippen molar-refractivity contribution in [3.8, 4) is 11.5 Å². The summed E-state index contributed by atoms with van der Waals surface area (Å²) in [5.41, 5.74) is 4.24. The number of unbranched alkanes of at least 4 members (excludes halogenated alkanes) is 4. The van der Waals surface area contributed by atoms with Gasteiger partial charge in [-0.2, -0.15) is 23.5 Å². The van der Waals surface area contributed by atoms with Gasteiger partial charge >= 0.3 is 11.9 Å². The monoisotopic (exact) mass is 552 g/mol. The number of carbonyl (C=O) groups excluding carboxylic acids is 2. The van der Waals surface area contributed by atoms with Gasteiger partial charge in [-0.05, 0) is 94.8 Å². The molecule has 0 unspecified atom stereocenters. The van der Waals surface area contributed by atoms with Crippen LogP contribution in [0.2, 0.25) is 0 Å². The Kier molecular flexibility index (Phi) is 15.0. The summed E-state index contributed by atoms with van der Waals surface area (Å²) < 4.78 is 22.8. The molecule has 0 atom stereocenters. The van der Waals surface area contributed by atoms with Crippen molar-refractivity contribution >= 4 is 35.5 Å². The molecule has 37 heavy (non-hydrogen) atoms. The lowest BCUT2D eigenvalue weighted by Gasteiger charge is -2.19. The third-order valence-electron chi connectivity index (χ3n) is 6.50. The Bertz CT molecular complexity index is 912. The molecule has 2 rings (SSSR count). The fourth-order valence-corrected chi connectivity index (χ4v) is 5.32. The second-order valence-corrected chi connectivity index (χ2v) is 11.3. The largest absolute Gasteiger partial charge is 0.496 e. The molecule has 0 bridgehead atoms. The molecule has 0 aliphatic carbocycles. The van der Waals surface area contributed by atoms with Crippen LogP contribution in [0, 0.1) is 6.92 Å². The summed E-state index contributed by atoms with van der Waals surface area (Å²) in [6.07, 6.45) is 14.2. The van der Waals surface area contributed by atoms with E-state index in [1.807, 2.05) is 37.4 Å². The second kappa shape index (κ2) is 17.7. The number of methoxy groups -OCH3 is 1. The number of thioether (sulfide) groups is 2. The molecule has 0 saturated heterocycles. The Morgan fingerprint density at radius 2 is 1.65 bits per heavy atom. The minimum absolute atomic E-state index is 0.156. The molecule has 0 aromatic heterocycles. The van der Waals surface area contributed by atoms with Crippen LogP contribution in [-0.4, -0.2) is 56.3 Å². The fourth-order valence-electron chi connectivity index (χ4n) is 4.33. The van der Waals surface area contributed by atoms with Gasteiger partial charge < -0.3 is 18.9 Å². The van der Waals surface area contributed by atoms with Crippen molar-refractivity contribution in [2.75, 3.05) is 44.3 Å². The van der Waals surface area contributed by atoms with E-state index in [4.69, 9.17) is 18.9 Å². The van der Waals surface area contributed by atoms with Crippen molar-refractivity contribution in [3.63, 3.8) is 0 Å². The maximum atomic E-state index is 12.6. The summed E-state index contributed by atoms with van der Waals surface area (Å²) >= 11 is 3.69. The van der Waals surface area contributed by atoms with Crippen LogP contribution in [0.5, 0.6) is 11.5 Å². The molecule has 1 aromatic carbocycles. The molecule has 0 N–H and O–H groups in total. The van der Waals surface area contributed by atoms with Crippen LogP contribution in [0.15, 0.2) is 11.6 Å². The van der Waals surface area contributed by atoms with Crippen molar-refractivity contribution in [2.24, 2.45) is 0 Å². The molecule has 8 heteroatoms. The third-order valence-corrected chi connectivity index (χ3v) is 7.89. The number of allylic oxidation sites excluding steroid dienone is 2. The molecule has 6 nitrogen and oxygen atoms in total. The van der Waals surface area contributed by atoms with E-state index in [0.29, 0.717) is 43.8 Å². The molecule has 0 fully saturated rings. The first kappa shape index (κ1) is 31.4. The van der Waals surface area contributed by atoms with Gasteiger partial charge in [0.1, 0.15) is 23.7 Å². The Balaban J connectivity index is 2.05. The molecule has 208 valence electrons. The first-order valence-electron chi connectivity index (χ1n) is 13.3. The normalized spacial score (nSPS) is 12.9. The zero-order valence-electron chi connectivity index (χ0n) is 23.2. The van der Waals surface area contributed by atoms with Crippen LogP contribution in [0.25, 0.3) is 0 Å². The molecule has 0 radical (unpaired) electrons. The number of esters is 2. The van der Waals surface area contributed by atoms with Crippen LogP contribution in [0.3, 0.4) is 0 Å². The van der Waals surface area contributed by atoms with E-state index < -0.39 is 0 Å². The molecule has 0 amide bonds. The Morgan fingerprint density at radius 3 is 2.30 bits per heavy atom. The van der Waals surface area contributed by atoms with Gasteiger partial charge in [0, 0.05) is 17.5 Å². The molecular formula is C29H44O6S2. The highest BCUT2D eigenvalue weighted by Crippen LogP contribution is 2.43. The average Bonchev–Trinajstić information content (AvgIpc) is 3.28. The minimum Gasteiger partial charge on any atom is -0.496 e. The molecule has 1 aliphatic rings. The molecule has 0 saturated carbocycles. The summed E-state index contributed by atoms with van der Waals surface area (Å²) in [5.74, 6) is 3.11. The number of carbonyl (C=O) groups is 2. The fraction of sp³-hybridized carbons (Fsp3) is 0.655. The van der Waals surface area contributed by atoms with Crippen molar-refractivity contribution in [3.05, 3.63) is 33.9 Å². The van der Waals surface area contributed by atoms with Gasteiger partial charge in [-0.3, -0.25) is 4.79 Å². The molecule has 1 aliphatic heterocycles. The van der Waals surface area contributed by atoms with Crippen LogP contribution < -0.4 is 9.47 Å². The topological polar surface area (TPSA) is 71.1 Å². The number of benzene rings is 1. The van der Waals surface area contributed by atoms with Gasteiger partial charge in [-0.25, -0.2) is 4.79 Å². The first-order chi connectivity index (χ1) is 17.9. The Hall–Kier alpha value is -1.80. The predicted molar refractivity (Wildman–Crippen MR) is 154 cm³/mol. The summed E-state index contributed by atoms with van der Waals surface area (Å²) in [4.78, 5) is 24.8. The third kappa shape index (κ3) is 10.1. The van der Waals surface area contributed by atoms with Crippen LogP contribution in [-0.2, 0) is 27.3 Å². The standard InChI is InChI=1S/C29H44O6S2/c1-21(13-15-25(30)33-16-8-6-10-18-36-4)12-14-23-27(32-3)22(2)24-20-35-29(31)26(24)28(23)34-17-9-7-11-19-37-5/h12H,6-11,13-20H2,1-5H3/b21-12+. The van der Waals surface area contributed by atoms with E-state index in [1.165, 1.54) is 0 Å². The quantitative estimate of drug-likeness (QED) is 0.104. The number of fused-ring (bicyclic) bond motifs is 1. The van der Waals surface area contributed by atoms with Crippen molar-refractivity contribution < 1.29 is 28.5 Å². The SMILES string of the molecule is COc1c(C)c2c(c(OCCCCCSC)c1C/C=C(\C)CCC(=O)OCCCCCSC)C(=O)OC2. The first-order valence-corrected chi connectivity index (χ1v) is 16.0. The Morgan fingerprint density at radius 1 is 0.973 bits per heavy atom. The van der Waals surface area contributed by atoms with Crippen LogP contribution in [0.1, 0.15) is 85.3 Å². The van der Waals surface area contributed by atoms with Crippen molar-refractivity contribution in [1.29, 1.82) is 0 Å². The van der Waals surface area contributed by atoms with E-state index in [0.717, 1.165) is 78.0 Å². The maximum absolute atomic E-state index is 12.6. The van der Waals surface area contributed by atoms with Crippen LogP contribution in [0.4, 0.5) is 0 Å². The van der Waals surface area contributed by atoms with E-state index in [9.17, 15) is 9.59 Å². The van der Waals surface area contributed by atoms with E-state index in [1.54, 1.807) is 7.11 Å². The summed E-state index contributed by atoms with van der Waals surface area (Å²) in [5, 5.41) is 0. The number of hydrogen-bond donors (Lipinski definition) is 0. The predicted octanol–water partition coefficient (Wildman–Crippen LogP) is 6.93. The van der Waals surface area contributed by atoms with Gasteiger partial charge in [-0.1, -0.05) is 11.6 Å². The second-order valence-electron chi connectivity index (χ2n) is 9.33. The highest BCUT2D eigenvalue weighted by atomic mass is 32.2. The highest BCUT2D eigenvalue weighted by molar-refractivity contribution is 7.98. The molecule has 1 heterocycles. The Labute approximate surface area is 231 Å². The van der Waals surface area contributed by atoms with Gasteiger partial charge in [-0.15, -0.1) is 0 Å². The average molecular weight is 553 g/mol. The zero-order chi connectivity index (χ0) is 27.0. The summed E-state index contributed by atoms with van der Waals surface area (Å²) in [6.45, 7) is 5.26. The lowest BCUT2D eigenvalue weighted by Crippen LogP contribution is -2.10. The van der Waals surface area contributed by atoms with E-state index >= 15 is 0 Å². The number of ether oxygens (including phenoxy) is 4. The molecular weight excluding hydrogens is 508 g/mol. The van der Waals surface area contributed by atoms with Crippen molar-refractivity contribution in [1.82, 2.24) is 0 Å². The smallest absolute Gasteiger partial charge is 0.342 e. The highest BCUT2D eigenvalue weighted by Gasteiger charge is 2.33.